The summed E-state index contributed by atoms with van der Waals surface area (Å²) in [5, 5.41) is 16.8. The summed E-state index contributed by atoms with van der Waals surface area (Å²) in [6.45, 7) is 0.859. The maximum absolute atomic E-state index is 12.6. The van der Waals surface area contributed by atoms with E-state index in [0.29, 0.717) is 24.9 Å². The van der Waals surface area contributed by atoms with E-state index in [9.17, 15) is 9.59 Å². The van der Waals surface area contributed by atoms with Crippen LogP contribution in [0.3, 0.4) is 0 Å². The second kappa shape index (κ2) is 5.97. The van der Waals surface area contributed by atoms with Gasteiger partial charge in [0.2, 0.25) is 0 Å². The molecule has 0 bridgehead atoms. The summed E-state index contributed by atoms with van der Waals surface area (Å²) in [4.78, 5) is 25.3. The molecule has 1 amide bonds. The molecule has 1 aliphatic rings. The van der Waals surface area contributed by atoms with E-state index in [1.165, 1.54) is 0 Å². The lowest BCUT2D eigenvalue weighted by molar-refractivity contribution is -0.143. The van der Waals surface area contributed by atoms with Crippen molar-refractivity contribution in [3.05, 3.63) is 42.2 Å². The predicted molar refractivity (Wildman–Crippen MR) is 77.6 cm³/mol. The number of hydrogen-bond donors (Lipinski definition) is 1. The van der Waals surface area contributed by atoms with Crippen LogP contribution in [0.25, 0.3) is 5.69 Å². The molecular formula is C15H16N4O3. The summed E-state index contributed by atoms with van der Waals surface area (Å²) in [6, 6.07) is 7.08. The van der Waals surface area contributed by atoms with Crippen LogP contribution in [-0.4, -0.2) is 50.0 Å². The van der Waals surface area contributed by atoms with Gasteiger partial charge >= 0.3 is 5.97 Å². The molecule has 2 aromatic rings. The van der Waals surface area contributed by atoms with E-state index in [1.54, 1.807) is 40.2 Å². The Morgan fingerprint density at radius 3 is 2.91 bits per heavy atom. The molecule has 1 aliphatic heterocycles. The highest BCUT2D eigenvalue weighted by Crippen LogP contribution is 2.19. The van der Waals surface area contributed by atoms with E-state index >= 15 is 0 Å². The van der Waals surface area contributed by atoms with E-state index in [4.69, 9.17) is 5.11 Å². The van der Waals surface area contributed by atoms with Gasteiger partial charge in [-0.3, -0.25) is 9.59 Å². The van der Waals surface area contributed by atoms with Gasteiger partial charge in [-0.15, -0.1) is 5.10 Å². The molecule has 1 aromatic carbocycles. The average molecular weight is 300 g/mol. The van der Waals surface area contributed by atoms with Crippen molar-refractivity contribution in [2.24, 2.45) is 5.92 Å². The Morgan fingerprint density at radius 1 is 1.32 bits per heavy atom. The Labute approximate surface area is 127 Å². The lowest BCUT2D eigenvalue weighted by Gasteiger charge is -2.30. The molecule has 1 N–H and O–H groups in total. The summed E-state index contributed by atoms with van der Waals surface area (Å²) >= 11 is 0. The van der Waals surface area contributed by atoms with Crippen molar-refractivity contribution in [1.29, 1.82) is 0 Å². The van der Waals surface area contributed by atoms with Gasteiger partial charge in [-0.2, -0.15) is 0 Å². The highest BCUT2D eigenvalue weighted by molar-refractivity contribution is 5.95. The van der Waals surface area contributed by atoms with Gasteiger partial charge in [0.05, 0.1) is 24.0 Å². The second-order valence-corrected chi connectivity index (χ2v) is 5.33. The Hall–Kier alpha value is -2.70. The van der Waals surface area contributed by atoms with Crippen LogP contribution in [0.4, 0.5) is 0 Å². The fourth-order valence-corrected chi connectivity index (χ4v) is 2.67. The molecular weight excluding hydrogens is 284 g/mol. The third-order valence-corrected chi connectivity index (χ3v) is 3.84. The van der Waals surface area contributed by atoms with Gasteiger partial charge < -0.3 is 10.0 Å². The number of rotatable bonds is 3. The first kappa shape index (κ1) is 14.2. The summed E-state index contributed by atoms with van der Waals surface area (Å²) in [5.74, 6) is -1.46. The first-order valence-electron chi connectivity index (χ1n) is 7.14. The number of nitrogens with zero attached hydrogens (tertiary/aromatic N) is 4. The van der Waals surface area contributed by atoms with Crippen LogP contribution in [0.2, 0.25) is 0 Å². The minimum Gasteiger partial charge on any atom is -0.481 e. The van der Waals surface area contributed by atoms with E-state index in [1.807, 2.05) is 6.07 Å². The molecule has 22 heavy (non-hydrogen) atoms. The van der Waals surface area contributed by atoms with Gasteiger partial charge in [-0.05, 0) is 31.0 Å². The summed E-state index contributed by atoms with van der Waals surface area (Å²) in [5.41, 5.74) is 1.27. The van der Waals surface area contributed by atoms with Crippen molar-refractivity contribution in [3.8, 4) is 5.69 Å². The number of aromatic nitrogens is 3. The van der Waals surface area contributed by atoms with Gasteiger partial charge in [0.25, 0.3) is 5.91 Å². The van der Waals surface area contributed by atoms with Crippen LogP contribution in [-0.2, 0) is 4.79 Å². The van der Waals surface area contributed by atoms with E-state index in [2.05, 4.69) is 10.3 Å². The topological polar surface area (TPSA) is 88.3 Å². The number of hydrogen-bond acceptors (Lipinski definition) is 4. The summed E-state index contributed by atoms with van der Waals surface area (Å²) < 4.78 is 1.58. The molecule has 7 nitrogen and oxygen atoms in total. The molecule has 1 saturated heterocycles. The summed E-state index contributed by atoms with van der Waals surface area (Å²) in [7, 11) is 0. The molecule has 114 valence electrons. The highest BCUT2D eigenvalue weighted by atomic mass is 16.4. The van der Waals surface area contributed by atoms with Gasteiger partial charge in [-0.25, -0.2) is 4.68 Å². The first-order chi connectivity index (χ1) is 10.6. The fourth-order valence-electron chi connectivity index (χ4n) is 2.67. The number of likely N-dealkylation sites (tertiary alicyclic amines) is 1. The van der Waals surface area contributed by atoms with Gasteiger partial charge in [-0.1, -0.05) is 11.3 Å². The van der Waals surface area contributed by atoms with Crippen LogP contribution < -0.4 is 0 Å². The Kier molecular flexibility index (Phi) is 3.86. The highest BCUT2D eigenvalue weighted by Gasteiger charge is 2.28. The second-order valence-electron chi connectivity index (χ2n) is 5.33. The van der Waals surface area contributed by atoms with E-state index in [0.717, 1.165) is 5.69 Å². The normalized spacial score (nSPS) is 18.2. The molecule has 1 fully saturated rings. The quantitative estimate of drug-likeness (QED) is 0.920. The maximum atomic E-state index is 12.6. The molecule has 1 aromatic heterocycles. The number of aliphatic carboxylic acids is 1. The number of benzene rings is 1. The standard InChI is InChI=1S/C15H16N4O3/c20-14(18-7-2-4-12(10-18)15(21)22)11-3-1-5-13(9-11)19-8-6-16-17-19/h1,3,5-6,8-9,12H,2,4,7,10H2,(H,21,22)/t12-/m0/s1. The van der Waals surface area contributed by atoms with Gasteiger partial charge in [0, 0.05) is 18.7 Å². The number of carbonyl (C=O) groups excluding carboxylic acids is 1. The number of carbonyl (C=O) groups is 2. The molecule has 1 atom stereocenters. The molecule has 0 spiro atoms. The minimum absolute atomic E-state index is 0.145. The lowest BCUT2D eigenvalue weighted by atomic mass is 9.97. The Morgan fingerprint density at radius 2 is 2.18 bits per heavy atom. The van der Waals surface area contributed by atoms with Crippen molar-refractivity contribution in [1.82, 2.24) is 19.9 Å². The van der Waals surface area contributed by atoms with Crippen molar-refractivity contribution in [2.75, 3.05) is 13.1 Å². The third kappa shape index (κ3) is 2.83. The van der Waals surface area contributed by atoms with Crippen molar-refractivity contribution < 1.29 is 14.7 Å². The largest absolute Gasteiger partial charge is 0.481 e. The Bertz CT molecular complexity index is 684. The maximum Gasteiger partial charge on any atom is 0.308 e. The Balaban J connectivity index is 1.80. The third-order valence-electron chi connectivity index (χ3n) is 3.84. The number of carboxylic acids is 1. The first-order valence-corrected chi connectivity index (χ1v) is 7.14. The minimum atomic E-state index is -0.839. The summed E-state index contributed by atoms with van der Waals surface area (Å²) in [6.07, 6.45) is 4.60. The van der Waals surface area contributed by atoms with E-state index < -0.39 is 11.9 Å². The number of amides is 1. The van der Waals surface area contributed by atoms with Crippen molar-refractivity contribution >= 4 is 11.9 Å². The lowest BCUT2D eigenvalue weighted by Crippen LogP contribution is -2.42. The van der Waals surface area contributed by atoms with Crippen LogP contribution >= 0.6 is 0 Å². The molecule has 0 unspecified atom stereocenters. The van der Waals surface area contributed by atoms with E-state index in [-0.39, 0.29) is 12.5 Å². The smallest absolute Gasteiger partial charge is 0.308 e. The fraction of sp³-hybridized carbons (Fsp3) is 0.333. The molecule has 7 heteroatoms. The molecule has 0 radical (unpaired) electrons. The SMILES string of the molecule is O=C(O)[C@H]1CCCN(C(=O)c2cccc(-n3ccnn3)c2)C1. The van der Waals surface area contributed by atoms with Crippen LogP contribution in [0.1, 0.15) is 23.2 Å². The number of piperidine rings is 1. The monoisotopic (exact) mass is 300 g/mol. The molecule has 0 saturated carbocycles. The van der Waals surface area contributed by atoms with Crippen LogP contribution in [0.15, 0.2) is 36.7 Å². The van der Waals surface area contributed by atoms with Gasteiger partial charge in [0.1, 0.15) is 0 Å². The van der Waals surface area contributed by atoms with Crippen molar-refractivity contribution in [2.45, 2.75) is 12.8 Å². The zero-order chi connectivity index (χ0) is 15.5. The van der Waals surface area contributed by atoms with Crippen LogP contribution in [0, 0.1) is 5.92 Å². The van der Waals surface area contributed by atoms with Crippen LogP contribution in [0.5, 0.6) is 0 Å². The molecule has 2 heterocycles. The average Bonchev–Trinajstić information content (AvgIpc) is 3.09. The predicted octanol–water partition coefficient (Wildman–Crippen LogP) is 1.20. The zero-order valence-electron chi connectivity index (χ0n) is 11.9. The molecule has 0 aliphatic carbocycles. The zero-order valence-corrected chi connectivity index (χ0v) is 11.9. The number of carboxylic acid groups (broad SMARTS) is 1. The van der Waals surface area contributed by atoms with Crippen molar-refractivity contribution in [3.63, 3.8) is 0 Å². The molecule has 3 rings (SSSR count). The van der Waals surface area contributed by atoms with Gasteiger partial charge in [0.15, 0.2) is 0 Å².